The van der Waals surface area contributed by atoms with E-state index in [0.717, 1.165) is 12.8 Å². The molecule has 1 atom stereocenters. The van der Waals surface area contributed by atoms with Crippen LogP contribution in [0.3, 0.4) is 0 Å². The van der Waals surface area contributed by atoms with Crippen molar-refractivity contribution >= 4 is 12.1 Å². The lowest BCUT2D eigenvalue weighted by atomic mass is 10.1. The highest BCUT2D eigenvalue weighted by Crippen LogP contribution is 2.10. The molecule has 0 aromatic carbocycles. The van der Waals surface area contributed by atoms with E-state index < -0.39 is 18.1 Å². The number of nitrogens with one attached hydrogen (secondary N) is 1. The minimum Gasteiger partial charge on any atom is -0.464 e. The lowest BCUT2D eigenvalue weighted by molar-refractivity contribution is -0.145. The average Bonchev–Trinajstić information content (AvgIpc) is 2.52. The Morgan fingerprint density at radius 2 is 1.41 bits per heavy atom. The molecule has 0 bridgehead atoms. The highest BCUT2D eigenvalue weighted by molar-refractivity contribution is 5.80. The molecule has 0 heterocycles. The third-order valence-corrected chi connectivity index (χ3v) is 3.62. The second kappa shape index (κ2) is 14.7. The van der Waals surface area contributed by atoms with Crippen molar-refractivity contribution in [1.29, 1.82) is 0 Å². The van der Waals surface area contributed by atoms with Crippen LogP contribution in [-0.4, -0.2) is 31.8 Å². The predicted molar refractivity (Wildman–Crippen MR) is 87.8 cm³/mol. The van der Waals surface area contributed by atoms with Gasteiger partial charge in [-0.05, 0) is 13.3 Å². The monoisotopic (exact) mass is 315 g/mol. The summed E-state index contributed by atoms with van der Waals surface area (Å²) in [6.07, 6.45) is 11.8. The van der Waals surface area contributed by atoms with Crippen LogP contribution in [0.4, 0.5) is 4.79 Å². The molecule has 0 aliphatic rings. The van der Waals surface area contributed by atoms with Gasteiger partial charge in [0.15, 0.2) is 0 Å². The van der Waals surface area contributed by atoms with Gasteiger partial charge in [0.2, 0.25) is 0 Å². The molecule has 0 rings (SSSR count). The summed E-state index contributed by atoms with van der Waals surface area (Å²) in [5, 5.41) is 2.38. The Morgan fingerprint density at radius 1 is 0.909 bits per heavy atom. The third-order valence-electron chi connectivity index (χ3n) is 3.62. The number of unbranched alkanes of at least 4 members (excludes halogenated alkanes) is 9. The van der Waals surface area contributed by atoms with E-state index in [1.54, 1.807) is 6.92 Å². The van der Waals surface area contributed by atoms with E-state index >= 15 is 0 Å². The smallest absolute Gasteiger partial charge is 0.407 e. The van der Waals surface area contributed by atoms with Crippen LogP contribution < -0.4 is 5.32 Å². The average molecular weight is 315 g/mol. The fraction of sp³-hybridized carbons (Fsp3) is 0.882. The van der Waals surface area contributed by atoms with Gasteiger partial charge in [0.25, 0.3) is 0 Å². The molecule has 0 saturated heterocycles. The van der Waals surface area contributed by atoms with Gasteiger partial charge >= 0.3 is 12.1 Å². The summed E-state index contributed by atoms with van der Waals surface area (Å²) in [4.78, 5) is 22.5. The maximum atomic E-state index is 11.6. The molecule has 0 radical (unpaired) electrons. The first-order valence-electron chi connectivity index (χ1n) is 8.63. The van der Waals surface area contributed by atoms with Gasteiger partial charge in [0.05, 0.1) is 13.7 Å². The first-order valence-corrected chi connectivity index (χ1v) is 8.63. The second-order valence-corrected chi connectivity index (χ2v) is 5.71. The molecule has 22 heavy (non-hydrogen) atoms. The van der Waals surface area contributed by atoms with E-state index in [9.17, 15) is 9.59 Å². The highest BCUT2D eigenvalue weighted by Gasteiger charge is 2.16. The van der Waals surface area contributed by atoms with Gasteiger partial charge in [-0.2, -0.15) is 0 Å². The maximum Gasteiger partial charge on any atom is 0.407 e. The molecule has 5 heteroatoms. The summed E-state index contributed by atoms with van der Waals surface area (Å²) in [7, 11) is 1.26. The number of amides is 1. The minimum absolute atomic E-state index is 0.415. The van der Waals surface area contributed by atoms with Gasteiger partial charge in [-0.25, -0.2) is 9.59 Å². The van der Waals surface area contributed by atoms with E-state index in [2.05, 4.69) is 17.0 Å². The number of methoxy groups -OCH3 is 1. The topological polar surface area (TPSA) is 64.6 Å². The number of carbonyl (C=O) groups excluding carboxylic acids is 2. The van der Waals surface area contributed by atoms with Crippen molar-refractivity contribution in [3.05, 3.63) is 0 Å². The van der Waals surface area contributed by atoms with Crippen LogP contribution in [-0.2, 0) is 14.3 Å². The predicted octanol–water partition coefficient (Wildman–Crippen LogP) is 4.20. The highest BCUT2D eigenvalue weighted by atomic mass is 16.5. The molecule has 0 aliphatic heterocycles. The van der Waals surface area contributed by atoms with E-state index in [-0.39, 0.29) is 0 Å². The number of esters is 1. The Labute approximate surface area is 135 Å². The molecular weight excluding hydrogens is 282 g/mol. The Bertz CT molecular complexity index is 294. The normalized spacial score (nSPS) is 11.8. The molecule has 1 amide bonds. The summed E-state index contributed by atoms with van der Waals surface area (Å²) >= 11 is 0. The van der Waals surface area contributed by atoms with Crippen molar-refractivity contribution in [2.24, 2.45) is 0 Å². The first kappa shape index (κ1) is 20.7. The van der Waals surface area contributed by atoms with Crippen molar-refractivity contribution in [2.75, 3.05) is 13.7 Å². The fourth-order valence-corrected chi connectivity index (χ4v) is 2.18. The van der Waals surface area contributed by atoms with E-state index in [4.69, 9.17) is 4.74 Å². The summed E-state index contributed by atoms with van der Waals surface area (Å²) < 4.78 is 9.54. The molecule has 0 fully saturated rings. The number of rotatable bonds is 13. The van der Waals surface area contributed by atoms with Crippen LogP contribution in [0.5, 0.6) is 0 Å². The van der Waals surface area contributed by atoms with Crippen LogP contribution in [0.1, 0.15) is 78.1 Å². The molecule has 0 aromatic heterocycles. The molecule has 1 N–H and O–H groups in total. The molecule has 0 saturated carbocycles. The quantitative estimate of drug-likeness (QED) is 0.409. The zero-order valence-corrected chi connectivity index (χ0v) is 14.5. The number of hydrogen-bond acceptors (Lipinski definition) is 4. The van der Waals surface area contributed by atoms with Crippen molar-refractivity contribution in [3.63, 3.8) is 0 Å². The summed E-state index contributed by atoms with van der Waals surface area (Å²) in [6.45, 7) is 4.24. The van der Waals surface area contributed by atoms with Crippen molar-refractivity contribution in [1.82, 2.24) is 5.32 Å². The van der Waals surface area contributed by atoms with Gasteiger partial charge in [-0.1, -0.05) is 64.7 Å². The summed E-state index contributed by atoms with van der Waals surface area (Å²) in [6, 6.07) is -0.671. The van der Waals surface area contributed by atoms with Crippen LogP contribution in [0.2, 0.25) is 0 Å². The van der Waals surface area contributed by atoms with Gasteiger partial charge in [-0.3, -0.25) is 0 Å². The number of ether oxygens (including phenoxy) is 2. The molecule has 130 valence electrons. The van der Waals surface area contributed by atoms with Crippen LogP contribution in [0, 0.1) is 0 Å². The van der Waals surface area contributed by atoms with Gasteiger partial charge in [0, 0.05) is 0 Å². The zero-order valence-electron chi connectivity index (χ0n) is 14.5. The Morgan fingerprint density at radius 3 is 1.91 bits per heavy atom. The molecule has 0 aromatic rings. The van der Waals surface area contributed by atoms with Crippen LogP contribution in [0.25, 0.3) is 0 Å². The summed E-state index contributed by atoms with van der Waals surface area (Å²) in [5.74, 6) is -0.415. The Balaban J connectivity index is 3.35. The Hall–Kier alpha value is -1.26. The van der Waals surface area contributed by atoms with Gasteiger partial charge < -0.3 is 14.8 Å². The minimum atomic E-state index is -0.671. The van der Waals surface area contributed by atoms with Gasteiger partial charge in [-0.15, -0.1) is 0 Å². The van der Waals surface area contributed by atoms with Crippen molar-refractivity contribution < 1.29 is 19.1 Å². The number of carbonyl (C=O) groups is 2. The van der Waals surface area contributed by atoms with Crippen molar-refractivity contribution in [3.8, 4) is 0 Å². The largest absolute Gasteiger partial charge is 0.464 e. The van der Waals surface area contributed by atoms with Crippen molar-refractivity contribution in [2.45, 2.75) is 84.1 Å². The van der Waals surface area contributed by atoms with E-state index in [1.807, 2.05) is 0 Å². The Kier molecular flexibility index (Phi) is 13.8. The van der Waals surface area contributed by atoms with Gasteiger partial charge in [0.1, 0.15) is 6.04 Å². The molecule has 1 unspecified atom stereocenters. The second-order valence-electron chi connectivity index (χ2n) is 5.71. The number of alkyl carbamates (subject to hydrolysis) is 1. The molecule has 0 spiro atoms. The lowest BCUT2D eigenvalue weighted by Crippen LogP contribution is -2.39. The van der Waals surface area contributed by atoms with E-state index in [0.29, 0.717) is 6.61 Å². The molecule has 5 nitrogen and oxygen atoms in total. The molecular formula is C17H33NO4. The zero-order chi connectivity index (χ0) is 16.6. The summed E-state index contributed by atoms with van der Waals surface area (Å²) in [5.41, 5.74) is 0. The first-order chi connectivity index (χ1) is 10.6. The molecule has 0 aliphatic carbocycles. The third kappa shape index (κ3) is 12.5. The standard InChI is InChI=1S/C17H33NO4/c1-4-5-6-7-8-9-10-11-12-13-14-22-16(19)15(2)18-17(20)21-3/h15H,4-14H2,1-3H3,(H,18,20). The van der Waals surface area contributed by atoms with E-state index in [1.165, 1.54) is 58.5 Å². The maximum absolute atomic E-state index is 11.6. The SMILES string of the molecule is CCCCCCCCCCCCOC(=O)C(C)NC(=O)OC. The fourth-order valence-electron chi connectivity index (χ4n) is 2.18. The van der Waals surface area contributed by atoms with Crippen LogP contribution in [0.15, 0.2) is 0 Å². The van der Waals surface area contributed by atoms with Crippen LogP contribution >= 0.6 is 0 Å². The number of hydrogen-bond donors (Lipinski definition) is 1. The lowest BCUT2D eigenvalue weighted by Gasteiger charge is -2.12.